The zero-order valence-electron chi connectivity index (χ0n) is 19.7. The van der Waals surface area contributed by atoms with Gasteiger partial charge in [0.2, 0.25) is 0 Å². The van der Waals surface area contributed by atoms with Crippen LogP contribution in [-0.2, 0) is 10.1 Å². The van der Waals surface area contributed by atoms with Crippen LogP contribution in [0.1, 0.15) is 136 Å². The smallest absolute Gasteiger partial charge is 0.748 e. The molecule has 0 radical (unpaired) electrons. The summed E-state index contributed by atoms with van der Waals surface area (Å²) in [6.45, 7) is 4.01. The normalized spacial score (nSPS) is 13.8. The van der Waals surface area contributed by atoms with Gasteiger partial charge < -0.3 is 9.66 Å². The van der Waals surface area contributed by atoms with Gasteiger partial charge in [-0.3, -0.25) is 0 Å². The van der Waals surface area contributed by atoms with Crippen LogP contribution >= 0.6 is 0 Å². The summed E-state index contributed by atoms with van der Waals surface area (Å²) in [7, 11) is -4.11. The number of hydrogen-bond acceptors (Lipinski definition) is 4. The van der Waals surface area contributed by atoms with Crippen molar-refractivity contribution in [3.63, 3.8) is 0 Å². The fraction of sp³-hybridized carbons (Fsp3) is 1.00. The Morgan fingerprint density at radius 3 is 1.34 bits per heavy atom. The van der Waals surface area contributed by atoms with Crippen molar-refractivity contribution in [3.8, 4) is 0 Å². The molecule has 0 spiro atoms. The summed E-state index contributed by atoms with van der Waals surface area (Å²) >= 11 is 0. The van der Waals surface area contributed by atoms with Crippen molar-refractivity contribution in [3.05, 3.63) is 0 Å². The molecule has 0 aromatic carbocycles. The van der Waals surface area contributed by atoms with Crippen molar-refractivity contribution in [1.29, 1.82) is 0 Å². The summed E-state index contributed by atoms with van der Waals surface area (Å²) in [4.78, 5) is 0. The van der Waals surface area contributed by atoms with E-state index in [1.807, 2.05) is 0 Å². The second-order valence-electron chi connectivity index (χ2n) is 8.49. The van der Waals surface area contributed by atoms with Gasteiger partial charge in [0.05, 0.1) is 16.2 Å². The van der Waals surface area contributed by atoms with E-state index in [9.17, 15) is 18.1 Å². The molecule has 0 aliphatic heterocycles. The maximum absolute atomic E-state index is 11.0. The van der Waals surface area contributed by atoms with Gasteiger partial charge in [0.25, 0.3) is 0 Å². The van der Waals surface area contributed by atoms with E-state index in [0.717, 1.165) is 38.5 Å². The molecule has 0 aliphatic rings. The van der Waals surface area contributed by atoms with E-state index in [-0.39, 0.29) is 57.5 Å². The van der Waals surface area contributed by atoms with Crippen LogP contribution in [0.25, 0.3) is 0 Å². The number of rotatable bonds is 21. The van der Waals surface area contributed by atoms with Gasteiger partial charge in [0.15, 0.2) is 0 Å². The molecule has 2 unspecified atom stereocenters. The first-order valence-corrected chi connectivity index (χ1v) is 13.5. The van der Waals surface area contributed by atoms with Crippen LogP contribution in [0.4, 0.5) is 0 Å². The molecule has 0 heterocycles. The van der Waals surface area contributed by atoms with Crippen molar-refractivity contribution in [2.24, 2.45) is 0 Å². The summed E-state index contributed by atoms with van der Waals surface area (Å²) in [5.74, 6) is 0. The number of aliphatic hydroxyl groups excluding tert-OH is 1. The Labute approximate surface area is 224 Å². The first-order valence-electron chi connectivity index (χ1n) is 12.0. The molecule has 0 saturated carbocycles. The fourth-order valence-electron chi connectivity index (χ4n) is 3.85. The molecule has 2 atom stereocenters. The van der Waals surface area contributed by atoms with Crippen molar-refractivity contribution < 1.29 is 69.5 Å². The van der Waals surface area contributed by atoms with Crippen molar-refractivity contribution >= 4 is 10.1 Å². The van der Waals surface area contributed by atoms with E-state index < -0.39 is 15.4 Å². The molecule has 6 heteroatoms. The molecule has 0 bridgehead atoms. The molecule has 29 heavy (non-hydrogen) atoms. The summed E-state index contributed by atoms with van der Waals surface area (Å²) < 4.78 is 33.1. The van der Waals surface area contributed by atoms with Crippen LogP contribution in [0, 0.1) is 0 Å². The van der Waals surface area contributed by atoms with Gasteiger partial charge in [-0.1, -0.05) is 110 Å². The predicted molar refractivity (Wildman–Crippen MR) is 119 cm³/mol. The third-order valence-corrected chi connectivity index (χ3v) is 7.20. The summed E-state index contributed by atoms with van der Waals surface area (Å²) in [5.41, 5.74) is 0. The van der Waals surface area contributed by atoms with Crippen molar-refractivity contribution in [2.45, 2.75) is 147 Å². The van der Waals surface area contributed by atoms with Crippen LogP contribution in [0.3, 0.4) is 0 Å². The predicted octanol–water partition coefficient (Wildman–Crippen LogP) is 3.72. The molecular formula is C23H47KO4S. The maximum Gasteiger partial charge on any atom is 1.00 e. The monoisotopic (exact) mass is 458 g/mol. The third-order valence-electron chi connectivity index (χ3n) is 5.82. The molecular weight excluding hydrogens is 411 g/mol. The summed E-state index contributed by atoms with van der Waals surface area (Å²) in [6, 6.07) is 0. The third kappa shape index (κ3) is 22.5. The second-order valence-corrected chi connectivity index (χ2v) is 10.1. The Morgan fingerprint density at radius 1 is 0.655 bits per heavy atom. The number of unbranched alkanes of at least 4 members (excludes halogenated alkanes) is 13. The number of aliphatic hydroxyl groups is 1. The number of hydrogen-bond donors (Lipinski definition) is 1. The van der Waals surface area contributed by atoms with Gasteiger partial charge in [-0.15, -0.1) is 0 Å². The first-order chi connectivity index (χ1) is 13.4. The first kappa shape index (κ1) is 32.7. The minimum Gasteiger partial charge on any atom is -0.748 e. The van der Waals surface area contributed by atoms with Gasteiger partial charge in [-0.05, 0) is 25.7 Å². The molecule has 0 aromatic heterocycles. The topological polar surface area (TPSA) is 77.4 Å². The van der Waals surface area contributed by atoms with Crippen LogP contribution < -0.4 is 51.4 Å². The van der Waals surface area contributed by atoms with Crippen molar-refractivity contribution in [2.75, 3.05) is 0 Å². The fourth-order valence-corrected chi connectivity index (χ4v) is 4.71. The van der Waals surface area contributed by atoms with E-state index in [2.05, 4.69) is 6.92 Å². The van der Waals surface area contributed by atoms with E-state index in [4.69, 9.17) is 0 Å². The zero-order valence-corrected chi connectivity index (χ0v) is 23.6. The average Bonchev–Trinajstić information content (AvgIpc) is 2.64. The molecule has 170 valence electrons. The quantitative estimate of drug-likeness (QED) is 0.162. The maximum atomic E-state index is 11.0. The molecule has 1 N–H and O–H groups in total. The molecule has 4 nitrogen and oxygen atoms in total. The minimum atomic E-state index is -4.11. The van der Waals surface area contributed by atoms with E-state index in [1.54, 1.807) is 6.92 Å². The molecule has 0 rings (SSSR count). The van der Waals surface area contributed by atoms with Crippen LogP contribution in [0.2, 0.25) is 0 Å². The van der Waals surface area contributed by atoms with Crippen molar-refractivity contribution in [1.82, 2.24) is 0 Å². The van der Waals surface area contributed by atoms with Gasteiger partial charge in [-0.25, -0.2) is 8.42 Å². The molecule has 0 saturated heterocycles. The Balaban J connectivity index is 0. The van der Waals surface area contributed by atoms with Gasteiger partial charge in [0, 0.05) is 5.25 Å². The largest absolute Gasteiger partial charge is 1.00 e. The van der Waals surface area contributed by atoms with E-state index in [0.29, 0.717) is 12.8 Å². The molecule has 0 fully saturated rings. The Bertz CT molecular complexity index is 429. The van der Waals surface area contributed by atoms with Gasteiger partial charge in [0.1, 0.15) is 0 Å². The van der Waals surface area contributed by atoms with Gasteiger partial charge >= 0.3 is 51.4 Å². The van der Waals surface area contributed by atoms with E-state index in [1.165, 1.54) is 70.6 Å². The van der Waals surface area contributed by atoms with Gasteiger partial charge in [-0.2, -0.15) is 0 Å². The van der Waals surface area contributed by atoms with Crippen LogP contribution in [-0.4, -0.2) is 29.4 Å². The SMILES string of the molecule is CCCCCCCCCC(O)CCCCCCCCCCC(CC)S(=O)(=O)[O-].[K+]. The Morgan fingerprint density at radius 2 is 1.00 bits per heavy atom. The standard InChI is InChI=1S/C23H48O4S.K/c1-3-5-6-7-10-13-16-19-22(24)20-17-14-11-8-9-12-15-18-21-23(4-2)28(25,26)27;/h22-24H,3-21H2,1-2H3,(H,25,26,27);/q;+1/p-1. The zero-order chi connectivity index (χ0) is 21.1. The van der Waals surface area contributed by atoms with Crippen LogP contribution in [0.15, 0.2) is 0 Å². The molecule has 0 aliphatic carbocycles. The second kappa shape index (κ2) is 22.7. The Hall–Kier alpha value is 1.51. The summed E-state index contributed by atoms with van der Waals surface area (Å²) in [6.07, 6.45) is 20.8. The molecule has 0 amide bonds. The van der Waals surface area contributed by atoms with E-state index >= 15 is 0 Å². The summed E-state index contributed by atoms with van der Waals surface area (Å²) in [5, 5.41) is 9.35. The Kier molecular flexibility index (Phi) is 25.6. The average molecular weight is 459 g/mol. The minimum absolute atomic E-state index is 0. The van der Waals surface area contributed by atoms with Crippen LogP contribution in [0.5, 0.6) is 0 Å². The molecule has 0 aromatic rings.